The van der Waals surface area contributed by atoms with Crippen LogP contribution >= 0.6 is 0 Å². The molecule has 55 heavy (non-hydrogen) atoms. The summed E-state index contributed by atoms with van der Waals surface area (Å²) in [4.78, 5) is 10.5. The fourth-order valence-corrected chi connectivity index (χ4v) is 9.13. The summed E-state index contributed by atoms with van der Waals surface area (Å²) in [6.07, 6.45) is 0. The molecule has 1 aliphatic carbocycles. The van der Waals surface area contributed by atoms with E-state index >= 15 is 0 Å². The van der Waals surface area contributed by atoms with Crippen LogP contribution in [0.5, 0.6) is 0 Å². The molecule has 1 aromatic heterocycles. The lowest BCUT2D eigenvalue weighted by molar-refractivity contribution is 0.769. The van der Waals surface area contributed by atoms with E-state index in [-0.39, 0.29) is 0 Å². The first-order valence-corrected chi connectivity index (χ1v) is 18.9. The predicted molar refractivity (Wildman–Crippen MR) is 228 cm³/mol. The fraction of sp³-hybridized carbons (Fsp3) is 0.0189. The monoisotopic (exact) mass is 698 g/mol. The van der Waals surface area contributed by atoms with Crippen LogP contribution in [0.4, 0.5) is 0 Å². The van der Waals surface area contributed by atoms with Crippen LogP contribution in [0.3, 0.4) is 0 Å². The van der Waals surface area contributed by atoms with Gasteiger partial charge in [0.1, 0.15) is 0 Å². The van der Waals surface area contributed by atoms with E-state index in [1.54, 1.807) is 0 Å². The van der Waals surface area contributed by atoms with Gasteiger partial charge in [-0.3, -0.25) is 0 Å². The molecular formula is C53H34N2. The molecule has 0 atom stereocenters. The highest BCUT2D eigenvalue weighted by atomic mass is 14.9. The molecule has 0 radical (unpaired) electrons. The molecule has 9 aromatic carbocycles. The Morgan fingerprint density at radius 2 is 0.927 bits per heavy atom. The maximum Gasteiger partial charge on any atom is 0.161 e. The molecule has 0 unspecified atom stereocenters. The van der Waals surface area contributed by atoms with Crippen molar-refractivity contribution in [1.82, 2.24) is 9.97 Å². The lowest BCUT2D eigenvalue weighted by Gasteiger charge is -2.34. The van der Waals surface area contributed by atoms with Crippen molar-refractivity contribution in [2.45, 2.75) is 5.41 Å². The van der Waals surface area contributed by atoms with E-state index in [9.17, 15) is 0 Å². The van der Waals surface area contributed by atoms with Gasteiger partial charge in [0, 0.05) is 16.5 Å². The zero-order valence-corrected chi connectivity index (χ0v) is 30.0. The van der Waals surface area contributed by atoms with Crippen LogP contribution in [-0.4, -0.2) is 9.97 Å². The van der Waals surface area contributed by atoms with Crippen molar-refractivity contribution in [3.05, 3.63) is 229 Å². The third-order valence-electron chi connectivity index (χ3n) is 11.5. The number of para-hydroxylation sites is 1. The Morgan fingerprint density at radius 3 is 1.71 bits per heavy atom. The lowest BCUT2D eigenvalue weighted by atomic mass is 9.67. The molecule has 11 rings (SSSR count). The third-order valence-corrected chi connectivity index (χ3v) is 11.5. The van der Waals surface area contributed by atoms with E-state index in [2.05, 4.69) is 200 Å². The molecule has 0 N–H and O–H groups in total. The predicted octanol–water partition coefficient (Wildman–Crippen LogP) is 13.3. The first kappa shape index (κ1) is 31.4. The van der Waals surface area contributed by atoms with Crippen LogP contribution in [0.15, 0.2) is 206 Å². The van der Waals surface area contributed by atoms with Gasteiger partial charge in [0.25, 0.3) is 0 Å². The summed E-state index contributed by atoms with van der Waals surface area (Å²) in [5, 5.41) is 5.76. The number of benzene rings is 9. The van der Waals surface area contributed by atoms with Crippen LogP contribution in [-0.2, 0) is 5.41 Å². The zero-order valence-electron chi connectivity index (χ0n) is 30.0. The number of hydrogen-bond acceptors (Lipinski definition) is 2. The Morgan fingerprint density at radius 1 is 0.327 bits per heavy atom. The molecule has 0 saturated carbocycles. The van der Waals surface area contributed by atoms with Crippen LogP contribution in [0, 0.1) is 0 Å². The minimum Gasteiger partial charge on any atom is -0.228 e. The second-order valence-electron chi connectivity index (χ2n) is 14.5. The molecule has 1 aliphatic rings. The van der Waals surface area contributed by atoms with Gasteiger partial charge in [-0.2, -0.15) is 0 Å². The Bertz CT molecular complexity index is 3040. The van der Waals surface area contributed by atoms with E-state index in [4.69, 9.17) is 9.97 Å². The summed E-state index contributed by atoms with van der Waals surface area (Å²) >= 11 is 0. The van der Waals surface area contributed by atoms with E-state index in [0.717, 1.165) is 49.9 Å². The summed E-state index contributed by atoms with van der Waals surface area (Å²) in [5.41, 5.74) is 13.6. The normalized spacial score (nSPS) is 12.9. The van der Waals surface area contributed by atoms with Gasteiger partial charge < -0.3 is 0 Å². The van der Waals surface area contributed by atoms with E-state index < -0.39 is 5.41 Å². The van der Waals surface area contributed by atoms with Crippen LogP contribution in [0.25, 0.3) is 77.3 Å². The fourth-order valence-electron chi connectivity index (χ4n) is 9.13. The van der Waals surface area contributed by atoms with Gasteiger partial charge in [0.05, 0.1) is 16.6 Å². The first-order chi connectivity index (χ1) is 27.3. The van der Waals surface area contributed by atoms with Crippen molar-refractivity contribution in [2.75, 3.05) is 0 Å². The highest BCUT2D eigenvalue weighted by Crippen LogP contribution is 2.57. The molecule has 0 saturated heterocycles. The molecule has 0 bridgehead atoms. The Balaban J connectivity index is 1.17. The number of rotatable bonds is 5. The SMILES string of the molecule is c1ccc(-c2nc(-c3cc(-c4cccc5cc6c(cc45)-c4ccccc4C6(c4ccccc4)c4ccccc4)cc4ccccc34)nc3ccccc23)cc1. The van der Waals surface area contributed by atoms with Gasteiger partial charge in [-0.1, -0.05) is 176 Å². The Kier molecular flexibility index (Phi) is 7.11. The third kappa shape index (κ3) is 4.82. The minimum absolute atomic E-state index is 0.446. The summed E-state index contributed by atoms with van der Waals surface area (Å²) in [6, 6.07) is 74.7. The second-order valence-corrected chi connectivity index (χ2v) is 14.5. The molecule has 0 fully saturated rings. The average Bonchev–Trinajstić information content (AvgIpc) is 3.55. The lowest BCUT2D eigenvalue weighted by Crippen LogP contribution is -2.28. The van der Waals surface area contributed by atoms with Crippen molar-refractivity contribution < 1.29 is 0 Å². The number of aromatic nitrogens is 2. The molecule has 256 valence electrons. The van der Waals surface area contributed by atoms with Gasteiger partial charge in [0.2, 0.25) is 0 Å². The quantitative estimate of drug-likeness (QED) is 0.179. The minimum atomic E-state index is -0.446. The summed E-state index contributed by atoms with van der Waals surface area (Å²) in [5.74, 6) is 0.723. The number of nitrogens with zero attached hydrogens (tertiary/aromatic N) is 2. The second kappa shape index (κ2) is 12.5. The number of fused-ring (bicyclic) bond motifs is 6. The van der Waals surface area contributed by atoms with E-state index in [1.807, 2.05) is 6.07 Å². The molecule has 2 heteroatoms. The molecule has 10 aromatic rings. The summed E-state index contributed by atoms with van der Waals surface area (Å²) in [6.45, 7) is 0. The highest BCUT2D eigenvalue weighted by Gasteiger charge is 2.46. The van der Waals surface area contributed by atoms with Crippen molar-refractivity contribution >= 4 is 32.4 Å². The van der Waals surface area contributed by atoms with Crippen LogP contribution < -0.4 is 0 Å². The van der Waals surface area contributed by atoms with Crippen molar-refractivity contribution in [3.8, 4) is 44.9 Å². The van der Waals surface area contributed by atoms with Crippen LogP contribution in [0.1, 0.15) is 22.3 Å². The van der Waals surface area contributed by atoms with Gasteiger partial charge in [0.15, 0.2) is 5.82 Å². The van der Waals surface area contributed by atoms with E-state index in [0.29, 0.717) is 0 Å². The van der Waals surface area contributed by atoms with E-state index in [1.165, 1.54) is 49.7 Å². The van der Waals surface area contributed by atoms with Crippen LogP contribution in [0.2, 0.25) is 0 Å². The zero-order chi connectivity index (χ0) is 36.3. The van der Waals surface area contributed by atoms with Gasteiger partial charge in [-0.15, -0.1) is 0 Å². The standard InChI is InChI=1S/C53H34N2/c1-4-17-35(18-5-1)51-44-27-13-15-30-50(44)54-52(55-51)47-32-38(31-36-19-10-11-25-41(36)47)42-28-16-20-37-33-49-46(34-45(37)42)43-26-12-14-29-48(43)53(49,39-21-6-2-7-22-39)40-23-8-3-9-24-40/h1-34H. The molecule has 0 spiro atoms. The maximum absolute atomic E-state index is 5.32. The Hall–Kier alpha value is -7.16. The smallest absolute Gasteiger partial charge is 0.161 e. The Labute approximate surface area is 320 Å². The van der Waals surface area contributed by atoms with Gasteiger partial charge in [-0.05, 0) is 96.4 Å². The van der Waals surface area contributed by atoms with Gasteiger partial charge in [-0.25, -0.2) is 9.97 Å². The highest BCUT2D eigenvalue weighted by molar-refractivity contribution is 6.06. The first-order valence-electron chi connectivity index (χ1n) is 18.9. The van der Waals surface area contributed by atoms with Crippen molar-refractivity contribution in [2.24, 2.45) is 0 Å². The molecule has 1 heterocycles. The summed E-state index contributed by atoms with van der Waals surface area (Å²) in [7, 11) is 0. The maximum atomic E-state index is 5.32. The van der Waals surface area contributed by atoms with Crippen molar-refractivity contribution in [3.63, 3.8) is 0 Å². The molecule has 0 amide bonds. The largest absolute Gasteiger partial charge is 0.228 e. The molecule has 0 aliphatic heterocycles. The average molecular weight is 699 g/mol. The summed E-state index contributed by atoms with van der Waals surface area (Å²) < 4.78 is 0. The van der Waals surface area contributed by atoms with Crippen molar-refractivity contribution in [1.29, 1.82) is 0 Å². The topological polar surface area (TPSA) is 25.8 Å². The molecule has 2 nitrogen and oxygen atoms in total. The van der Waals surface area contributed by atoms with Gasteiger partial charge >= 0.3 is 0 Å². The molecular weight excluding hydrogens is 665 g/mol. The number of hydrogen-bond donors (Lipinski definition) is 0.